The van der Waals surface area contributed by atoms with Crippen LogP contribution < -0.4 is 0 Å². The van der Waals surface area contributed by atoms with Crippen LogP contribution in [0.25, 0.3) is 0 Å². The summed E-state index contributed by atoms with van der Waals surface area (Å²) in [4.78, 5) is 9.93. The van der Waals surface area contributed by atoms with E-state index in [2.05, 4.69) is 0 Å². The summed E-state index contributed by atoms with van der Waals surface area (Å²) >= 11 is 0. The Kier molecular flexibility index (Phi) is 2.94. The zero-order valence-electron chi connectivity index (χ0n) is 4.73. The van der Waals surface area contributed by atoms with Crippen LogP contribution in [0, 0.1) is 5.92 Å². The van der Waals surface area contributed by atoms with Crippen molar-refractivity contribution in [2.24, 2.45) is 5.92 Å². The summed E-state index contributed by atoms with van der Waals surface area (Å²) in [5, 5.41) is 8.85. The minimum Gasteiger partial charge on any atom is -0.481 e. The van der Waals surface area contributed by atoms with Gasteiger partial charge < -0.3 is 5.11 Å². The second-order valence-corrected chi connectivity index (χ2v) is 2.32. The lowest BCUT2D eigenvalue weighted by Gasteiger charge is -1.90. The molecule has 4 nitrogen and oxygen atoms in total. The highest BCUT2D eigenvalue weighted by atomic mass is 32.2. The number of aliphatic carboxylic acids is 1. The highest BCUT2D eigenvalue weighted by Crippen LogP contribution is 1.86. The van der Waals surface area contributed by atoms with Crippen molar-refractivity contribution in [2.45, 2.75) is 6.92 Å². The zero-order chi connectivity index (χ0) is 7.44. The molecule has 9 heavy (non-hydrogen) atoms. The molecule has 0 aliphatic heterocycles. The van der Waals surface area contributed by atoms with Gasteiger partial charge in [0.25, 0.3) is 0 Å². The third-order valence-electron chi connectivity index (χ3n) is 0.705. The highest BCUT2D eigenvalue weighted by Gasteiger charge is 2.06. The first kappa shape index (κ1) is 8.16. The lowest BCUT2D eigenvalue weighted by Crippen LogP contribution is -2.10. The van der Waals surface area contributed by atoms with E-state index in [1.165, 1.54) is 6.92 Å². The number of hydrogen-bond acceptors (Lipinski definition) is 3. The van der Waals surface area contributed by atoms with Gasteiger partial charge in [-0.05, 0) is 6.92 Å². The number of carbonyl (C=O) groups is 1. The van der Waals surface area contributed by atoms with Crippen LogP contribution in [-0.2, 0) is 15.1 Å². The monoisotopic (exact) mass is 150 g/mol. The minimum absolute atomic E-state index is 0.725. The normalized spacial score (nSPS) is 12.1. The van der Waals surface area contributed by atoms with Gasteiger partial charge in [-0.3, -0.25) is 4.79 Å². The molecule has 0 aliphatic carbocycles. The van der Waals surface area contributed by atoms with Gasteiger partial charge in [0.15, 0.2) is 0 Å². The number of rotatable bonds is 2. The minimum atomic E-state index is -2.37. The van der Waals surface area contributed by atoms with Crippen LogP contribution in [-0.4, -0.2) is 24.9 Å². The van der Waals surface area contributed by atoms with Crippen LogP contribution >= 0.6 is 0 Å². The molecular weight excluding hydrogens is 144 g/mol. The Morgan fingerprint density at radius 1 is 1.67 bits per heavy atom. The molecule has 1 unspecified atom stereocenters. The summed E-state index contributed by atoms with van der Waals surface area (Å²) in [5.41, 5.74) is 0. The van der Waals surface area contributed by atoms with Crippen molar-refractivity contribution in [2.75, 3.05) is 0 Å². The molecule has 52 valence electrons. The quantitative estimate of drug-likeness (QED) is 0.533. The second-order valence-electron chi connectivity index (χ2n) is 1.52. The maximum atomic E-state index is 9.93. The van der Waals surface area contributed by atoms with Gasteiger partial charge >= 0.3 is 5.97 Å². The molecule has 0 fully saturated rings. The lowest BCUT2D eigenvalue weighted by molar-refractivity contribution is -0.138. The molecule has 0 aromatic rings. The van der Waals surface area contributed by atoms with E-state index in [1.54, 1.807) is 0 Å². The Bertz CT molecular complexity index is 217. The summed E-state index contributed by atoms with van der Waals surface area (Å²) < 4.78 is 19.6. The Hall–Kier alpha value is -0.840. The molecule has 0 aromatic heterocycles. The fourth-order valence-electron chi connectivity index (χ4n) is 0.225. The van der Waals surface area contributed by atoms with E-state index in [4.69, 9.17) is 5.11 Å². The van der Waals surface area contributed by atoms with Crippen molar-refractivity contribution in [1.82, 2.24) is 0 Å². The summed E-state index contributed by atoms with van der Waals surface area (Å²) in [6.45, 7) is 1.29. The predicted molar refractivity (Wildman–Crippen MR) is 31.8 cm³/mol. The van der Waals surface area contributed by atoms with Gasteiger partial charge in [-0.1, -0.05) is 0 Å². The summed E-state index contributed by atoms with van der Waals surface area (Å²) in [7, 11) is -2.37. The molecule has 0 aromatic carbocycles. The van der Waals surface area contributed by atoms with Crippen molar-refractivity contribution < 1.29 is 18.3 Å². The Morgan fingerprint density at radius 3 is 2.22 bits per heavy atom. The summed E-state index contributed by atoms with van der Waals surface area (Å²) in [5.74, 6) is -2.07. The van der Waals surface area contributed by atoms with Crippen LogP contribution in [0.5, 0.6) is 0 Å². The molecule has 5 heteroatoms. The number of hydrogen-bond donors (Lipinski definition) is 1. The standard InChI is InChI=1S/C4H6O4S/c1-3(4(5)6)2-9(7)8/h2-3H,1H3,(H,5,6). The molecule has 0 aliphatic rings. The van der Waals surface area contributed by atoms with Crippen LogP contribution in [0.4, 0.5) is 0 Å². The van der Waals surface area contributed by atoms with E-state index >= 15 is 0 Å². The van der Waals surface area contributed by atoms with E-state index in [1.807, 2.05) is 0 Å². The van der Waals surface area contributed by atoms with Crippen LogP contribution in [0.1, 0.15) is 6.92 Å². The lowest BCUT2D eigenvalue weighted by atomic mass is 10.2. The van der Waals surface area contributed by atoms with Crippen molar-refractivity contribution >= 4 is 21.6 Å². The van der Waals surface area contributed by atoms with E-state index < -0.39 is 22.2 Å². The molecule has 0 saturated heterocycles. The van der Waals surface area contributed by atoms with Crippen LogP contribution in [0.2, 0.25) is 0 Å². The molecule has 0 spiro atoms. The van der Waals surface area contributed by atoms with E-state index in [9.17, 15) is 13.2 Å². The molecular formula is C4H6O4S. The highest BCUT2D eigenvalue weighted by molar-refractivity contribution is 7.71. The van der Waals surface area contributed by atoms with Crippen molar-refractivity contribution in [1.29, 1.82) is 0 Å². The topological polar surface area (TPSA) is 71.4 Å². The van der Waals surface area contributed by atoms with Gasteiger partial charge in [0.2, 0.25) is 10.3 Å². The molecule has 0 bridgehead atoms. The predicted octanol–water partition coefficient (Wildman–Crippen LogP) is -0.612. The first-order valence-electron chi connectivity index (χ1n) is 2.20. The van der Waals surface area contributed by atoms with Gasteiger partial charge in [0, 0.05) is 5.37 Å². The average Bonchev–Trinajstić information content (AvgIpc) is 1.63. The SMILES string of the molecule is CC(C=S(=O)=O)C(=O)O. The van der Waals surface area contributed by atoms with Crippen LogP contribution in [0.3, 0.4) is 0 Å². The van der Waals surface area contributed by atoms with Crippen molar-refractivity contribution in [3.63, 3.8) is 0 Å². The van der Waals surface area contributed by atoms with Crippen molar-refractivity contribution in [3.05, 3.63) is 0 Å². The summed E-state index contributed by atoms with van der Waals surface area (Å²) in [6.07, 6.45) is 0. The van der Waals surface area contributed by atoms with Gasteiger partial charge in [-0.25, -0.2) is 0 Å². The molecule has 1 atom stereocenters. The average molecular weight is 150 g/mol. The molecule has 0 rings (SSSR count). The van der Waals surface area contributed by atoms with Gasteiger partial charge in [-0.15, -0.1) is 0 Å². The first-order chi connectivity index (χ1) is 4.04. The Labute approximate surface area is 53.7 Å². The number of carboxylic acid groups (broad SMARTS) is 1. The third kappa shape index (κ3) is 3.72. The largest absolute Gasteiger partial charge is 0.481 e. The fraction of sp³-hybridized carbons (Fsp3) is 0.500. The van der Waals surface area contributed by atoms with Crippen molar-refractivity contribution in [3.8, 4) is 0 Å². The van der Waals surface area contributed by atoms with E-state index in [0.29, 0.717) is 0 Å². The van der Waals surface area contributed by atoms with E-state index in [0.717, 1.165) is 5.37 Å². The summed E-state index contributed by atoms with van der Waals surface area (Å²) in [6, 6.07) is 0. The third-order valence-corrected chi connectivity index (χ3v) is 1.34. The molecule has 0 heterocycles. The second kappa shape index (κ2) is 3.24. The fourth-order valence-corrected chi connectivity index (χ4v) is 0.675. The maximum absolute atomic E-state index is 9.93. The maximum Gasteiger partial charge on any atom is 0.311 e. The van der Waals surface area contributed by atoms with Gasteiger partial charge in [0.1, 0.15) is 0 Å². The Balaban J connectivity index is 4.26. The zero-order valence-corrected chi connectivity index (χ0v) is 5.55. The molecule has 1 N–H and O–H groups in total. The molecule has 0 saturated carbocycles. The number of carboxylic acids is 1. The van der Waals surface area contributed by atoms with Gasteiger partial charge in [-0.2, -0.15) is 8.42 Å². The molecule has 0 radical (unpaired) electrons. The Morgan fingerprint density at radius 2 is 2.11 bits per heavy atom. The molecule has 0 amide bonds. The van der Waals surface area contributed by atoms with Gasteiger partial charge in [0.05, 0.1) is 5.92 Å². The van der Waals surface area contributed by atoms with Crippen LogP contribution in [0.15, 0.2) is 0 Å². The smallest absolute Gasteiger partial charge is 0.311 e. The van der Waals surface area contributed by atoms with E-state index in [-0.39, 0.29) is 0 Å². The first-order valence-corrected chi connectivity index (χ1v) is 3.33.